The van der Waals surface area contributed by atoms with E-state index in [0.717, 1.165) is 0 Å². The Kier molecular flexibility index (Phi) is 3.10. The van der Waals surface area contributed by atoms with Crippen molar-refractivity contribution in [2.45, 2.75) is 6.42 Å². The summed E-state index contributed by atoms with van der Waals surface area (Å²) in [5.41, 5.74) is 0.629. The maximum absolute atomic E-state index is 11.8. The molecule has 0 amide bonds. The Morgan fingerprint density at radius 2 is 1.72 bits per heavy atom. The number of rotatable bonds is 3. The van der Waals surface area contributed by atoms with Crippen LogP contribution >= 0.6 is 0 Å². The summed E-state index contributed by atoms with van der Waals surface area (Å²) in [5.74, 6) is -0.383. The first-order valence-electron chi connectivity index (χ1n) is 5.19. The highest BCUT2D eigenvalue weighted by Crippen LogP contribution is 2.41. The fourth-order valence-electron chi connectivity index (χ4n) is 1.92. The third kappa shape index (κ3) is 1.75. The molecule has 18 heavy (non-hydrogen) atoms. The van der Waals surface area contributed by atoms with Gasteiger partial charge in [0, 0.05) is 11.6 Å². The highest BCUT2D eigenvalue weighted by molar-refractivity contribution is 6.05. The Labute approximate surface area is 103 Å². The normalized spacial score (nSPS) is 13.7. The minimum Gasteiger partial charge on any atom is -0.496 e. The molecule has 96 valence electrons. The molecule has 0 bridgehead atoms. The van der Waals surface area contributed by atoms with E-state index in [1.807, 2.05) is 0 Å². The van der Waals surface area contributed by atoms with Crippen LogP contribution in [-0.2, 0) is 16.0 Å². The number of carbonyl (C=O) groups excluding carboxylic acids is 2. The van der Waals surface area contributed by atoms with Crippen LogP contribution < -0.4 is 14.2 Å². The maximum atomic E-state index is 11.8. The minimum absolute atomic E-state index is 0.0371. The van der Waals surface area contributed by atoms with E-state index in [9.17, 15) is 9.59 Å². The van der Waals surface area contributed by atoms with Gasteiger partial charge in [-0.25, -0.2) is 4.79 Å². The van der Waals surface area contributed by atoms with E-state index in [1.54, 1.807) is 6.07 Å². The zero-order valence-corrected chi connectivity index (χ0v) is 10.2. The topological polar surface area (TPSA) is 71.1 Å². The van der Waals surface area contributed by atoms with Crippen LogP contribution in [0.3, 0.4) is 0 Å². The maximum Gasteiger partial charge on any atom is 0.350 e. The molecule has 0 aliphatic carbocycles. The van der Waals surface area contributed by atoms with Gasteiger partial charge in [0.2, 0.25) is 0 Å². The number of hydrogen-bond donors (Lipinski definition) is 0. The number of methoxy groups -OCH3 is 3. The standard InChI is InChI=1S/C12H12O6/c1-15-7-5-8(16-2)11(17-3)10-6(7)4-9(13)18-12(10)14/h5H,4H2,1-3H3. The van der Waals surface area contributed by atoms with E-state index in [1.165, 1.54) is 21.3 Å². The monoisotopic (exact) mass is 252 g/mol. The molecule has 0 radical (unpaired) electrons. The van der Waals surface area contributed by atoms with Crippen molar-refractivity contribution in [2.75, 3.05) is 21.3 Å². The van der Waals surface area contributed by atoms with Gasteiger partial charge in [-0.2, -0.15) is 0 Å². The summed E-state index contributed by atoms with van der Waals surface area (Å²) in [6, 6.07) is 1.57. The van der Waals surface area contributed by atoms with Gasteiger partial charge in [-0.05, 0) is 0 Å². The first-order chi connectivity index (χ1) is 8.62. The van der Waals surface area contributed by atoms with E-state index < -0.39 is 11.9 Å². The average Bonchev–Trinajstić information content (AvgIpc) is 2.36. The van der Waals surface area contributed by atoms with Crippen molar-refractivity contribution in [1.82, 2.24) is 0 Å². The summed E-state index contributed by atoms with van der Waals surface area (Å²) in [6.45, 7) is 0. The fraction of sp³-hybridized carbons (Fsp3) is 0.333. The molecule has 1 aliphatic rings. The second-order valence-corrected chi connectivity index (χ2v) is 3.61. The number of hydrogen-bond acceptors (Lipinski definition) is 6. The molecule has 6 nitrogen and oxygen atoms in total. The number of ether oxygens (including phenoxy) is 4. The highest BCUT2D eigenvalue weighted by Gasteiger charge is 2.33. The van der Waals surface area contributed by atoms with Crippen LogP contribution in [0.5, 0.6) is 17.2 Å². The average molecular weight is 252 g/mol. The molecular formula is C12H12O6. The van der Waals surface area contributed by atoms with Crippen molar-refractivity contribution in [1.29, 1.82) is 0 Å². The highest BCUT2D eigenvalue weighted by atomic mass is 16.6. The zero-order chi connectivity index (χ0) is 13.3. The lowest BCUT2D eigenvalue weighted by Crippen LogP contribution is -2.24. The Bertz CT molecular complexity index is 520. The van der Waals surface area contributed by atoms with Gasteiger partial charge in [-0.3, -0.25) is 4.79 Å². The van der Waals surface area contributed by atoms with Crippen LogP contribution in [0.15, 0.2) is 6.07 Å². The van der Waals surface area contributed by atoms with Crippen LogP contribution in [0.1, 0.15) is 15.9 Å². The quantitative estimate of drug-likeness (QED) is 0.589. The third-order valence-corrected chi connectivity index (χ3v) is 2.69. The first-order valence-corrected chi connectivity index (χ1v) is 5.19. The van der Waals surface area contributed by atoms with E-state index in [0.29, 0.717) is 17.1 Å². The summed E-state index contributed by atoms with van der Waals surface area (Å²) in [5, 5.41) is 0. The van der Waals surface area contributed by atoms with Crippen LogP contribution in [-0.4, -0.2) is 33.3 Å². The lowest BCUT2D eigenvalue weighted by atomic mass is 9.99. The molecular weight excluding hydrogens is 240 g/mol. The summed E-state index contributed by atoms with van der Waals surface area (Å²) in [6.07, 6.45) is -0.0371. The molecule has 0 fully saturated rings. The number of esters is 2. The smallest absolute Gasteiger partial charge is 0.350 e. The summed E-state index contributed by atoms with van der Waals surface area (Å²) in [4.78, 5) is 23.1. The fourth-order valence-corrected chi connectivity index (χ4v) is 1.92. The predicted molar refractivity (Wildman–Crippen MR) is 60.2 cm³/mol. The largest absolute Gasteiger partial charge is 0.496 e. The van der Waals surface area contributed by atoms with Gasteiger partial charge >= 0.3 is 11.9 Å². The zero-order valence-electron chi connectivity index (χ0n) is 10.2. The Balaban J connectivity index is 2.74. The van der Waals surface area contributed by atoms with Gasteiger partial charge < -0.3 is 18.9 Å². The van der Waals surface area contributed by atoms with Crippen molar-refractivity contribution in [3.05, 3.63) is 17.2 Å². The molecule has 1 aliphatic heterocycles. The lowest BCUT2D eigenvalue weighted by molar-refractivity contribution is -0.137. The van der Waals surface area contributed by atoms with E-state index in [-0.39, 0.29) is 17.7 Å². The molecule has 0 saturated heterocycles. The van der Waals surface area contributed by atoms with E-state index >= 15 is 0 Å². The number of cyclic esters (lactones) is 2. The van der Waals surface area contributed by atoms with Gasteiger partial charge in [0.25, 0.3) is 0 Å². The van der Waals surface area contributed by atoms with Crippen molar-refractivity contribution in [3.8, 4) is 17.2 Å². The SMILES string of the molecule is COc1cc(OC)c(OC)c2c1CC(=O)OC2=O. The van der Waals surface area contributed by atoms with Crippen molar-refractivity contribution >= 4 is 11.9 Å². The molecule has 1 heterocycles. The van der Waals surface area contributed by atoms with Gasteiger partial charge in [-0.15, -0.1) is 0 Å². The Morgan fingerprint density at radius 3 is 2.28 bits per heavy atom. The molecule has 0 aromatic heterocycles. The van der Waals surface area contributed by atoms with Gasteiger partial charge in [0.1, 0.15) is 11.3 Å². The molecule has 0 unspecified atom stereocenters. The van der Waals surface area contributed by atoms with Crippen LogP contribution in [0, 0.1) is 0 Å². The summed E-state index contributed by atoms with van der Waals surface area (Å²) >= 11 is 0. The molecule has 0 spiro atoms. The molecule has 0 saturated carbocycles. The number of benzene rings is 1. The van der Waals surface area contributed by atoms with Crippen molar-refractivity contribution < 1.29 is 28.5 Å². The number of carbonyl (C=O) groups is 2. The van der Waals surface area contributed by atoms with Crippen LogP contribution in [0.4, 0.5) is 0 Å². The Hall–Kier alpha value is -2.24. The van der Waals surface area contributed by atoms with Crippen LogP contribution in [0.2, 0.25) is 0 Å². The van der Waals surface area contributed by atoms with Gasteiger partial charge in [-0.1, -0.05) is 0 Å². The molecule has 6 heteroatoms. The second kappa shape index (κ2) is 4.56. The molecule has 2 rings (SSSR count). The molecule has 1 aromatic rings. The third-order valence-electron chi connectivity index (χ3n) is 2.69. The van der Waals surface area contributed by atoms with Crippen LogP contribution in [0.25, 0.3) is 0 Å². The molecule has 0 atom stereocenters. The number of fused-ring (bicyclic) bond motifs is 1. The second-order valence-electron chi connectivity index (χ2n) is 3.61. The van der Waals surface area contributed by atoms with E-state index in [4.69, 9.17) is 14.2 Å². The first kappa shape index (κ1) is 12.2. The molecule has 0 N–H and O–H groups in total. The summed E-state index contributed by atoms with van der Waals surface area (Å²) in [7, 11) is 4.31. The minimum atomic E-state index is -0.754. The van der Waals surface area contributed by atoms with Crippen molar-refractivity contribution in [3.63, 3.8) is 0 Å². The lowest BCUT2D eigenvalue weighted by Gasteiger charge is -2.21. The Morgan fingerprint density at radius 1 is 1.06 bits per heavy atom. The van der Waals surface area contributed by atoms with Crippen molar-refractivity contribution in [2.24, 2.45) is 0 Å². The molecule has 1 aromatic carbocycles. The summed E-state index contributed by atoms with van der Waals surface area (Å²) < 4.78 is 20.0. The predicted octanol–water partition coefficient (Wildman–Crippen LogP) is 0.952. The van der Waals surface area contributed by atoms with Gasteiger partial charge in [0.05, 0.1) is 27.8 Å². The van der Waals surface area contributed by atoms with E-state index in [2.05, 4.69) is 4.74 Å². The van der Waals surface area contributed by atoms with Gasteiger partial charge in [0.15, 0.2) is 11.5 Å².